The maximum Gasteiger partial charge on any atom is 0.254 e. The Balaban J connectivity index is 2.19. The molecular weight excluding hydrogens is 198 g/mol. The number of nitrogens with one attached hydrogen (secondary N) is 1. The van der Waals surface area contributed by atoms with Crippen LogP contribution in [0.15, 0.2) is 16.7 Å². The summed E-state index contributed by atoms with van der Waals surface area (Å²) < 4.78 is 9.99. The van der Waals surface area contributed by atoms with E-state index in [2.05, 4.69) is 5.32 Å². The summed E-state index contributed by atoms with van der Waals surface area (Å²) in [6, 6.07) is 1.67. The third kappa shape index (κ3) is 4.14. The molecule has 1 aromatic rings. The van der Waals surface area contributed by atoms with Crippen molar-refractivity contribution >= 4 is 5.91 Å². The summed E-state index contributed by atoms with van der Waals surface area (Å²) in [4.78, 5) is 11.4. The predicted octanol–water partition coefficient (Wildman–Crippen LogP) is 0.327. The van der Waals surface area contributed by atoms with Crippen molar-refractivity contribution in [2.24, 2.45) is 0 Å². The second kappa shape index (κ2) is 6.21. The van der Waals surface area contributed by atoms with Gasteiger partial charge in [-0.05, 0) is 13.0 Å². The SMILES string of the molecule is Cc1cc(C(=O)NCCOCCO)co1. The Labute approximate surface area is 88.0 Å². The molecule has 1 aromatic heterocycles. The van der Waals surface area contributed by atoms with Gasteiger partial charge in [-0.1, -0.05) is 0 Å². The first-order valence-electron chi connectivity index (χ1n) is 4.76. The summed E-state index contributed by atoms with van der Waals surface area (Å²) in [5, 5.41) is 11.1. The molecule has 0 aliphatic carbocycles. The van der Waals surface area contributed by atoms with E-state index in [1.54, 1.807) is 13.0 Å². The molecular formula is C10H15NO4. The van der Waals surface area contributed by atoms with E-state index in [1.807, 2.05) is 0 Å². The highest BCUT2D eigenvalue weighted by Gasteiger charge is 2.06. The van der Waals surface area contributed by atoms with Gasteiger partial charge in [0.25, 0.3) is 5.91 Å². The Morgan fingerprint density at radius 3 is 3.00 bits per heavy atom. The van der Waals surface area contributed by atoms with Crippen LogP contribution in [0.25, 0.3) is 0 Å². The number of hydrogen-bond acceptors (Lipinski definition) is 4. The van der Waals surface area contributed by atoms with Gasteiger partial charge in [-0.2, -0.15) is 0 Å². The fourth-order valence-electron chi connectivity index (χ4n) is 1.07. The molecule has 0 saturated heterocycles. The van der Waals surface area contributed by atoms with Gasteiger partial charge in [0.2, 0.25) is 0 Å². The van der Waals surface area contributed by atoms with Crippen molar-refractivity contribution < 1.29 is 19.1 Å². The van der Waals surface area contributed by atoms with Crippen LogP contribution >= 0.6 is 0 Å². The quantitative estimate of drug-likeness (QED) is 0.668. The van der Waals surface area contributed by atoms with Gasteiger partial charge in [-0.3, -0.25) is 4.79 Å². The van der Waals surface area contributed by atoms with Gasteiger partial charge in [0.1, 0.15) is 12.0 Å². The van der Waals surface area contributed by atoms with Gasteiger partial charge in [0, 0.05) is 6.54 Å². The Hall–Kier alpha value is -1.33. The maximum atomic E-state index is 11.4. The van der Waals surface area contributed by atoms with E-state index in [0.29, 0.717) is 31.1 Å². The average molecular weight is 213 g/mol. The smallest absolute Gasteiger partial charge is 0.254 e. The molecule has 0 spiro atoms. The zero-order chi connectivity index (χ0) is 11.1. The van der Waals surface area contributed by atoms with Gasteiger partial charge in [0.15, 0.2) is 0 Å². The summed E-state index contributed by atoms with van der Waals surface area (Å²) in [5.41, 5.74) is 0.509. The van der Waals surface area contributed by atoms with Gasteiger partial charge in [-0.15, -0.1) is 0 Å². The zero-order valence-electron chi connectivity index (χ0n) is 8.66. The normalized spacial score (nSPS) is 10.3. The molecule has 0 fully saturated rings. The highest BCUT2D eigenvalue weighted by Crippen LogP contribution is 2.05. The summed E-state index contributed by atoms with van der Waals surface area (Å²) >= 11 is 0. The number of carbonyl (C=O) groups excluding carboxylic acids is 1. The molecule has 0 aliphatic rings. The first-order valence-corrected chi connectivity index (χ1v) is 4.76. The minimum atomic E-state index is -0.181. The maximum absolute atomic E-state index is 11.4. The van der Waals surface area contributed by atoms with Crippen molar-refractivity contribution in [3.05, 3.63) is 23.7 Å². The molecule has 0 unspecified atom stereocenters. The van der Waals surface area contributed by atoms with E-state index < -0.39 is 0 Å². The first kappa shape index (κ1) is 11.7. The Bertz CT molecular complexity index is 308. The number of rotatable bonds is 6. The summed E-state index contributed by atoms with van der Waals surface area (Å²) in [6.45, 7) is 2.88. The monoisotopic (exact) mass is 213 g/mol. The highest BCUT2D eigenvalue weighted by atomic mass is 16.5. The van der Waals surface area contributed by atoms with Crippen LogP contribution in [-0.4, -0.2) is 37.4 Å². The lowest BCUT2D eigenvalue weighted by Crippen LogP contribution is -2.27. The molecule has 0 aromatic carbocycles. The van der Waals surface area contributed by atoms with E-state index in [1.165, 1.54) is 6.26 Å². The first-order chi connectivity index (χ1) is 7.24. The Kier molecular flexibility index (Phi) is 4.86. The molecule has 5 nitrogen and oxygen atoms in total. The van der Waals surface area contributed by atoms with E-state index in [0.717, 1.165) is 0 Å². The standard InChI is InChI=1S/C10H15NO4/c1-8-6-9(7-15-8)10(13)11-2-4-14-5-3-12/h6-7,12H,2-5H2,1H3,(H,11,13). The lowest BCUT2D eigenvalue weighted by Gasteiger charge is -2.03. The van der Waals surface area contributed by atoms with Crippen molar-refractivity contribution in [2.45, 2.75) is 6.92 Å². The second-order valence-electron chi connectivity index (χ2n) is 3.04. The highest BCUT2D eigenvalue weighted by molar-refractivity contribution is 5.93. The van der Waals surface area contributed by atoms with Crippen LogP contribution in [0, 0.1) is 6.92 Å². The second-order valence-corrected chi connectivity index (χ2v) is 3.04. The molecule has 0 saturated carbocycles. The summed E-state index contributed by atoms with van der Waals surface area (Å²) in [6.07, 6.45) is 1.42. The molecule has 0 bridgehead atoms. The van der Waals surface area contributed by atoms with Gasteiger partial charge in [-0.25, -0.2) is 0 Å². The van der Waals surface area contributed by atoms with E-state index in [9.17, 15) is 4.79 Å². The van der Waals surface area contributed by atoms with Crippen molar-refractivity contribution in [3.8, 4) is 0 Å². The molecule has 1 amide bonds. The molecule has 15 heavy (non-hydrogen) atoms. The minimum absolute atomic E-state index is 0.00509. The third-order valence-corrected chi connectivity index (χ3v) is 1.76. The van der Waals surface area contributed by atoms with Crippen LogP contribution in [0.3, 0.4) is 0 Å². The van der Waals surface area contributed by atoms with Crippen molar-refractivity contribution in [2.75, 3.05) is 26.4 Å². The number of ether oxygens (including phenoxy) is 1. The van der Waals surface area contributed by atoms with E-state index in [4.69, 9.17) is 14.3 Å². The molecule has 0 aliphatic heterocycles. The molecule has 0 atom stereocenters. The van der Waals surface area contributed by atoms with Crippen LogP contribution in [0.5, 0.6) is 0 Å². The minimum Gasteiger partial charge on any atom is -0.469 e. The molecule has 84 valence electrons. The molecule has 1 heterocycles. The third-order valence-electron chi connectivity index (χ3n) is 1.76. The molecule has 1 rings (SSSR count). The molecule has 0 radical (unpaired) electrons. The Morgan fingerprint density at radius 2 is 2.40 bits per heavy atom. The summed E-state index contributed by atoms with van der Waals surface area (Å²) in [5.74, 6) is 0.524. The largest absolute Gasteiger partial charge is 0.469 e. The number of furan rings is 1. The summed E-state index contributed by atoms with van der Waals surface area (Å²) in [7, 11) is 0. The van der Waals surface area contributed by atoms with Gasteiger partial charge < -0.3 is 19.6 Å². The topological polar surface area (TPSA) is 71.7 Å². The van der Waals surface area contributed by atoms with Crippen LogP contribution in [0.1, 0.15) is 16.1 Å². The van der Waals surface area contributed by atoms with Crippen LogP contribution in [-0.2, 0) is 4.74 Å². The van der Waals surface area contributed by atoms with Crippen molar-refractivity contribution in [3.63, 3.8) is 0 Å². The number of hydrogen-bond donors (Lipinski definition) is 2. The number of amides is 1. The fraction of sp³-hybridized carbons (Fsp3) is 0.500. The Morgan fingerprint density at radius 1 is 1.60 bits per heavy atom. The van der Waals surface area contributed by atoms with Crippen LogP contribution in [0.2, 0.25) is 0 Å². The van der Waals surface area contributed by atoms with Crippen LogP contribution < -0.4 is 5.32 Å². The van der Waals surface area contributed by atoms with Gasteiger partial charge >= 0.3 is 0 Å². The molecule has 2 N–H and O–H groups in total. The lowest BCUT2D eigenvalue weighted by atomic mass is 10.3. The van der Waals surface area contributed by atoms with Crippen molar-refractivity contribution in [1.29, 1.82) is 0 Å². The lowest BCUT2D eigenvalue weighted by molar-refractivity contribution is 0.0837. The number of carbonyl (C=O) groups is 1. The fourth-order valence-corrected chi connectivity index (χ4v) is 1.07. The predicted molar refractivity (Wildman–Crippen MR) is 53.7 cm³/mol. The van der Waals surface area contributed by atoms with E-state index >= 15 is 0 Å². The molecule has 5 heteroatoms. The average Bonchev–Trinajstić information content (AvgIpc) is 2.64. The van der Waals surface area contributed by atoms with Gasteiger partial charge in [0.05, 0.1) is 25.4 Å². The number of aryl methyl sites for hydroxylation is 1. The van der Waals surface area contributed by atoms with E-state index in [-0.39, 0.29) is 12.5 Å². The van der Waals surface area contributed by atoms with Crippen LogP contribution in [0.4, 0.5) is 0 Å². The van der Waals surface area contributed by atoms with Crippen molar-refractivity contribution in [1.82, 2.24) is 5.32 Å². The number of aliphatic hydroxyl groups excluding tert-OH is 1. The number of aliphatic hydroxyl groups is 1. The zero-order valence-corrected chi connectivity index (χ0v) is 8.66.